The second-order valence-corrected chi connectivity index (χ2v) is 9.62. The molecule has 5 nitrogen and oxygen atoms in total. The maximum Gasteiger partial charge on any atom is 0.237 e. The van der Waals surface area contributed by atoms with Crippen molar-refractivity contribution in [1.82, 2.24) is 9.80 Å². The molecule has 4 aliphatic rings. The van der Waals surface area contributed by atoms with Crippen LogP contribution < -0.4 is 4.74 Å². The first-order chi connectivity index (χ1) is 14.0. The van der Waals surface area contributed by atoms with Gasteiger partial charge >= 0.3 is 0 Å². The van der Waals surface area contributed by atoms with Crippen LogP contribution in [0.5, 0.6) is 5.75 Å². The van der Waals surface area contributed by atoms with Gasteiger partial charge in [0.2, 0.25) is 5.91 Å². The summed E-state index contributed by atoms with van der Waals surface area (Å²) in [5, 5.41) is 9.19. The molecule has 4 bridgehead atoms. The number of hydrogen-bond donors (Lipinski definition) is 0. The predicted molar refractivity (Wildman–Crippen MR) is 112 cm³/mol. The van der Waals surface area contributed by atoms with Crippen molar-refractivity contribution in [2.75, 3.05) is 27.2 Å². The van der Waals surface area contributed by atoms with E-state index in [1.54, 1.807) is 7.11 Å². The van der Waals surface area contributed by atoms with Gasteiger partial charge in [0.15, 0.2) is 0 Å². The third-order valence-electron chi connectivity index (χ3n) is 7.32. The van der Waals surface area contributed by atoms with E-state index in [1.165, 1.54) is 19.3 Å². The maximum absolute atomic E-state index is 13.4. The summed E-state index contributed by atoms with van der Waals surface area (Å²) in [5.74, 6) is 3.38. The summed E-state index contributed by atoms with van der Waals surface area (Å²) in [4.78, 5) is 17.6. The van der Waals surface area contributed by atoms with Crippen LogP contribution in [0, 0.1) is 29.1 Å². The fourth-order valence-corrected chi connectivity index (χ4v) is 6.64. The first-order valence-corrected chi connectivity index (χ1v) is 11.0. The number of hydrogen-bond acceptors (Lipinski definition) is 4. The van der Waals surface area contributed by atoms with Gasteiger partial charge in [0.05, 0.1) is 26.1 Å². The number of rotatable bonds is 8. The van der Waals surface area contributed by atoms with Crippen LogP contribution in [0.1, 0.15) is 50.5 Å². The Balaban J connectivity index is 1.45. The Labute approximate surface area is 174 Å². The Morgan fingerprint density at radius 3 is 2.45 bits per heavy atom. The molecule has 1 amide bonds. The number of likely N-dealkylation sites (N-methyl/N-ethyl adjacent to an activating group) is 1. The zero-order chi connectivity index (χ0) is 20.4. The summed E-state index contributed by atoms with van der Waals surface area (Å²) < 4.78 is 5.31. The molecule has 0 unspecified atom stereocenters. The van der Waals surface area contributed by atoms with Crippen LogP contribution in [0.15, 0.2) is 24.3 Å². The third kappa shape index (κ3) is 4.28. The van der Waals surface area contributed by atoms with E-state index < -0.39 is 0 Å². The fraction of sp³-hybridized carbons (Fsp3) is 0.667. The molecule has 1 aromatic carbocycles. The highest BCUT2D eigenvalue weighted by Crippen LogP contribution is 2.57. The van der Waals surface area contributed by atoms with E-state index in [9.17, 15) is 10.1 Å². The molecule has 0 aliphatic heterocycles. The number of carbonyl (C=O) groups excluding carboxylic acids is 1. The third-order valence-corrected chi connectivity index (χ3v) is 7.32. The maximum atomic E-state index is 13.4. The van der Waals surface area contributed by atoms with Crippen molar-refractivity contribution in [1.29, 1.82) is 5.26 Å². The SMILES string of the molecule is COc1cccc(CN(C)CC(=O)N(CCC#N)C23CC4CC(CC(C4)C2)C3)c1. The second kappa shape index (κ2) is 8.36. The van der Waals surface area contributed by atoms with Gasteiger partial charge in [-0.2, -0.15) is 5.26 Å². The summed E-state index contributed by atoms with van der Waals surface area (Å²) in [6, 6.07) is 10.3. The van der Waals surface area contributed by atoms with Gasteiger partial charge in [0, 0.05) is 18.6 Å². The van der Waals surface area contributed by atoms with Crippen LogP contribution in [-0.2, 0) is 11.3 Å². The van der Waals surface area contributed by atoms with E-state index in [1.807, 2.05) is 25.2 Å². The van der Waals surface area contributed by atoms with Gasteiger partial charge in [-0.3, -0.25) is 9.69 Å². The molecular weight excluding hydrogens is 362 g/mol. The summed E-state index contributed by atoms with van der Waals surface area (Å²) in [6.07, 6.45) is 7.94. The van der Waals surface area contributed by atoms with E-state index in [0.29, 0.717) is 26.1 Å². The fourth-order valence-electron chi connectivity index (χ4n) is 6.64. The van der Waals surface area contributed by atoms with E-state index >= 15 is 0 Å². The average Bonchev–Trinajstić information content (AvgIpc) is 2.67. The van der Waals surface area contributed by atoms with Crippen LogP contribution >= 0.6 is 0 Å². The highest BCUT2D eigenvalue weighted by Gasteiger charge is 2.54. The van der Waals surface area contributed by atoms with Crippen LogP contribution in [0.25, 0.3) is 0 Å². The molecule has 4 fully saturated rings. The first-order valence-electron chi connectivity index (χ1n) is 11.0. The smallest absolute Gasteiger partial charge is 0.237 e. The van der Waals surface area contributed by atoms with Crippen molar-refractivity contribution in [3.8, 4) is 11.8 Å². The minimum Gasteiger partial charge on any atom is -0.497 e. The lowest BCUT2D eigenvalue weighted by molar-refractivity contribution is -0.151. The number of ether oxygens (including phenoxy) is 1. The minimum atomic E-state index is 0.0134. The van der Waals surface area contributed by atoms with Gasteiger partial charge in [-0.25, -0.2) is 0 Å². The lowest BCUT2D eigenvalue weighted by Crippen LogP contribution is -2.62. The van der Waals surface area contributed by atoms with Crippen LogP contribution in [0.4, 0.5) is 0 Å². The minimum absolute atomic E-state index is 0.0134. The summed E-state index contributed by atoms with van der Waals surface area (Å²) in [7, 11) is 3.67. The number of nitriles is 1. The van der Waals surface area contributed by atoms with Crippen molar-refractivity contribution < 1.29 is 9.53 Å². The highest BCUT2D eigenvalue weighted by molar-refractivity contribution is 5.79. The van der Waals surface area contributed by atoms with Crippen molar-refractivity contribution >= 4 is 5.91 Å². The average molecular weight is 396 g/mol. The van der Waals surface area contributed by atoms with Gasteiger partial charge in [0.25, 0.3) is 0 Å². The Morgan fingerprint density at radius 2 is 1.86 bits per heavy atom. The molecule has 4 aliphatic carbocycles. The molecule has 1 aromatic rings. The molecule has 0 heterocycles. The Morgan fingerprint density at radius 1 is 1.21 bits per heavy atom. The number of methoxy groups -OCH3 is 1. The van der Waals surface area contributed by atoms with Crippen LogP contribution in [0.3, 0.4) is 0 Å². The van der Waals surface area contributed by atoms with Crippen LogP contribution in [0.2, 0.25) is 0 Å². The second-order valence-electron chi connectivity index (χ2n) is 9.62. The summed E-state index contributed by atoms with van der Waals surface area (Å²) in [5.41, 5.74) is 1.15. The normalized spacial score (nSPS) is 29.7. The molecular formula is C24H33N3O2. The topological polar surface area (TPSA) is 56.6 Å². The molecule has 5 rings (SSSR count). The van der Waals surface area contributed by atoms with Crippen LogP contribution in [-0.4, -0.2) is 48.5 Å². The number of nitrogens with zero attached hydrogens (tertiary/aromatic N) is 3. The van der Waals surface area contributed by atoms with E-state index in [4.69, 9.17) is 4.74 Å². The number of amides is 1. The molecule has 0 N–H and O–H groups in total. The zero-order valence-corrected chi connectivity index (χ0v) is 17.8. The molecule has 0 spiro atoms. The van der Waals surface area contributed by atoms with Crippen molar-refractivity contribution in [3.63, 3.8) is 0 Å². The lowest BCUT2D eigenvalue weighted by atomic mass is 9.52. The number of benzene rings is 1. The molecule has 156 valence electrons. The number of carbonyl (C=O) groups is 1. The van der Waals surface area contributed by atoms with Crippen molar-refractivity contribution in [3.05, 3.63) is 29.8 Å². The van der Waals surface area contributed by atoms with E-state index in [2.05, 4.69) is 21.9 Å². The molecule has 4 saturated carbocycles. The Kier molecular flexibility index (Phi) is 5.83. The highest BCUT2D eigenvalue weighted by atomic mass is 16.5. The van der Waals surface area contributed by atoms with E-state index in [-0.39, 0.29) is 11.4 Å². The molecule has 0 atom stereocenters. The molecule has 29 heavy (non-hydrogen) atoms. The molecule has 0 saturated heterocycles. The zero-order valence-electron chi connectivity index (χ0n) is 17.8. The predicted octanol–water partition coefficient (Wildman–Crippen LogP) is 3.84. The van der Waals surface area contributed by atoms with Gasteiger partial charge in [-0.1, -0.05) is 12.1 Å². The van der Waals surface area contributed by atoms with Crippen molar-refractivity contribution in [2.24, 2.45) is 17.8 Å². The largest absolute Gasteiger partial charge is 0.497 e. The van der Waals surface area contributed by atoms with E-state index in [0.717, 1.165) is 48.3 Å². The lowest BCUT2D eigenvalue weighted by Gasteiger charge is -2.60. The first kappa shape index (κ1) is 20.2. The molecule has 0 radical (unpaired) electrons. The van der Waals surface area contributed by atoms with Gasteiger partial charge < -0.3 is 9.64 Å². The monoisotopic (exact) mass is 395 g/mol. The quantitative estimate of drug-likeness (QED) is 0.671. The van der Waals surface area contributed by atoms with Gasteiger partial charge in [-0.05, 0) is 81.0 Å². The standard InChI is InChI=1S/C24H33N3O2/c1-26(16-18-5-3-6-22(12-18)29-2)17-23(28)27(8-4-7-25)24-13-19-9-20(14-24)11-21(10-19)15-24/h3,5-6,12,19-21H,4,8-11,13-17H2,1-2H3. The Bertz CT molecular complexity index is 749. The summed E-state index contributed by atoms with van der Waals surface area (Å²) in [6.45, 7) is 1.68. The van der Waals surface area contributed by atoms with Crippen molar-refractivity contribution in [2.45, 2.75) is 57.0 Å². The van der Waals surface area contributed by atoms with Gasteiger partial charge in [-0.15, -0.1) is 0 Å². The molecule has 5 heteroatoms. The summed E-state index contributed by atoms with van der Waals surface area (Å²) >= 11 is 0. The molecule has 0 aromatic heterocycles. The Hall–Kier alpha value is -2.06. The van der Waals surface area contributed by atoms with Gasteiger partial charge in [0.1, 0.15) is 5.75 Å².